The molecule has 23 heavy (non-hydrogen) atoms. The van der Waals surface area contributed by atoms with Gasteiger partial charge in [-0.15, -0.1) is 0 Å². The highest BCUT2D eigenvalue weighted by molar-refractivity contribution is 7.83. The Balaban J connectivity index is 1.72. The summed E-state index contributed by atoms with van der Waals surface area (Å²) in [6, 6.07) is 18.2. The molecule has 0 unspecified atom stereocenters. The van der Waals surface area contributed by atoms with Crippen LogP contribution in [0.2, 0.25) is 0 Å². The van der Waals surface area contributed by atoms with Crippen LogP contribution in [0, 0.1) is 0 Å². The van der Waals surface area contributed by atoms with Gasteiger partial charge in [0.1, 0.15) is 0 Å². The molecule has 0 saturated carbocycles. The molecule has 3 rings (SSSR count). The number of aromatic nitrogens is 2. The fourth-order valence-electron chi connectivity index (χ4n) is 2.50. The molecule has 0 aliphatic heterocycles. The largest absolute Gasteiger partial charge is 0.381 e. The van der Waals surface area contributed by atoms with Gasteiger partial charge in [0, 0.05) is 40.6 Å². The summed E-state index contributed by atoms with van der Waals surface area (Å²) < 4.78 is 11.3. The second-order valence-electron chi connectivity index (χ2n) is 5.41. The van der Waals surface area contributed by atoms with E-state index in [-0.39, 0.29) is 0 Å². The Kier molecular flexibility index (Phi) is 4.88. The first kappa shape index (κ1) is 15.5. The number of anilines is 1. The van der Waals surface area contributed by atoms with Crippen molar-refractivity contribution in [1.29, 1.82) is 0 Å². The predicted molar refractivity (Wildman–Crippen MR) is 95.6 cm³/mol. The van der Waals surface area contributed by atoms with Crippen LogP contribution in [-0.2, 0) is 23.1 Å². The maximum atomic E-state index is 11.3. The number of hydrogen-bond donors (Lipinski definition) is 2. The number of aromatic amines is 1. The van der Waals surface area contributed by atoms with Gasteiger partial charge >= 0.3 is 0 Å². The van der Waals surface area contributed by atoms with E-state index in [9.17, 15) is 4.21 Å². The first-order valence-corrected chi connectivity index (χ1v) is 9.15. The molecule has 4 nitrogen and oxygen atoms in total. The van der Waals surface area contributed by atoms with Crippen LogP contribution in [0.3, 0.4) is 0 Å². The molecule has 0 amide bonds. The molecule has 2 N–H and O–H groups in total. The molecule has 1 heterocycles. The summed E-state index contributed by atoms with van der Waals surface area (Å²) >= 11 is 0. The van der Waals surface area contributed by atoms with Crippen molar-refractivity contribution in [3.63, 3.8) is 0 Å². The third kappa shape index (κ3) is 4.07. The molecule has 1 aromatic heterocycles. The molecule has 1 atom stereocenters. The summed E-state index contributed by atoms with van der Waals surface area (Å²) in [5, 5.41) is 10.6. The summed E-state index contributed by atoms with van der Waals surface area (Å²) in [5.41, 5.74) is 5.36. The molecule has 3 aromatic rings. The summed E-state index contributed by atoms with van der Waals surface area (Å²) in [4.78, 5) is 0. The molecule has 2 aromatic carbocycles. The smallest absolute Gasteiger partial charge is 0.0700 e. The number of benzene rings is 2. The number of hydrogen-bond acceptors (Lipinski definition) is 3. The summed E-state index contributed by atoms with van der Waals surface area (Å²) in [6.45, 7) is 0.680. The second-order valence-corrected chi connectivity index (χ2v) is 6.84. The lowest BCUT2D eigenvalue weighted by Crippen LogP contribution is -2.01. The van der Waals surface area contributed by atoms with E-state index in [1.165, 1.54) is 0 Å². The van der Waals surface area contributed by atoms with Crippen molar-refractivity contribution in [1.82, 2.24) is 10.2 Å². The Morgan fingerprint density at radius 2 is 1.96 bits per heavy atom. The van der Waals surface area contributed by atoms with Gasteiger partial charge in [0.05, 0.1) is 11.9 Å². The van der Waals surface area contributed by atoms with Crippen LogP contribution in [0.15, 0.2) is 60.8 Å². The van der Waals surface area contributed by atoms with Crippen molar-refractivity contribution in [2.75, 3.05) is 11.6 Å². The van der Waals surface area contributed by atoms with E-state index in [1.54, 1.807) is 6.26 Å². The van der Waals surface area contributed by atoms with Crippen LogP contribution in [0.4, 0.5) is 5.69 Å². The van der Waals surface area contributed by atoms with E-state index in [1.807, 2.05) is 48.7 Å². The van der Waals surface area contributed by atoms with E-state index in [0.29, 0.717) is 12.3 Å². The van der Waals surface area contributed by atoms with Crippen LogP contribution in [0.25, 0.3) is 11.3 Å². The van der Waals surface area contributed by atoms with Crippen LogP contribution in [-0.4, -0.2) is 20.7 Å². The molecule has 0 spiro atoms. The van der Waals surface area contributed by atoms with Gasteiger partial charge in [-0.05, 0) is 23.3 Å². The van der Waals surface area contributed by atoms with Crippen molar-refractivity contribution in [2.24, 2.45) is 0 Å². The normalized spacial score (nSPS) is 12.0. The fraction of sp³-hybridized carbons (Fsp3) is 0.167. The highest BCUT2D eigenvalue weighted by Crippen LogP contribution is 2.22. The molecule has 0 aliphatic rings. The maximum Gasteiger partial charge on any atom is 0.0700 e. The van der Waals surface area contributed by atoms with Gasteiger partial charge in [-0.2, -0.15) is 5.10 Å². The van der Waals surface area contributed by atoms with Crippen molar-refractivity contribution in [3.8, 4) is 11.3 Å². The average Bonchev–Trinajstić information content (AvgIpc) is 3.02. The molecule has 0 fully saturated rings. The van der Waals surface area contributed by atoms with E-state index in [4.69, 9.17) is 0 Å². The fourth-order valence-corrected chi connectivity index (χ4v) is 3.15. The second kappa shape index (κ2) is 7.24. The zero-order chi connectivity index (χ0) is 16.1. The van der Waals surface area contributed by atoms with Crippen LogP contribution in [0.1, 0.15) is 11.1 Å². The van der Waals surface area contributed by atoms with Crippen LogP contribution in [0.5, 0.6) is 0 Å². The van der Waals surface area contributed by atoms with Gasteiger partial charge < -0.3 is 5.32 Å². The van der Waals surface area contributed by atoms with Crippen molar-refractivity contribution < 1.29 is 4.21 Å². The minimum Gasteiger partial charge on any atom is -0.381 e. The lowest BCUT2D eigenvalue weighted by molar-refractivity contribution is 0.686. The number of nitrogens with zero attached hydrogens (tertiary/aromatic N) is 1. The monoisotopic (exact) mass is 325 g/mol. The molecular weight excluding hydrogens is 306 g/mol. The zero-order valence-electron chi connectivity index (χ0n) is 13.0. The number of H-pyrrole nitrogens is 1. The highest BCUT2D eigenvalue weighted by atomic mass is 32.2. The average molecular weight is 325 g/mol. The van der Waals surface area contributed by atoms with Gasteiger partial charge in [0.15, 0.2) is 0 Å². The first-order valence-electron chi connectivity index (χ1n) is 7.43. The molecule has 118 valence electrons. The maximum absolute atomic E-state index is 11.3. The van der Waals surface area contributed by atoms with E-state index >= 15 is 0 Å². The van der Waals surface area contributed by atoms with Gasteiger partial charge in [0.25, 0.3) is 0 Å². The minimum absolute atomic E-state index is 0.580. The Bertz CT molecular complexity index is 799. The van der Waals surface area contributed by atoms with Crippen molar-refractivity contribution in [3.05, 3.63) is 71.9 Å². The van der Waals surface area contributed by atoms with Crippen molar-refractivity contribution >= 4 is 16.5 Å². The summed E-state index contributed by atoms with van der Waals surface area (Å²) in [7, 11) is -0.830. The topological polar surface area (TPSA) is 57.8 Å². The molecule has 0 aliphatic carbocycles. The standard InChI is InChI=1S/C18H19N3OS/c1-23(22)13-14-6-5-9-17(10-14)19-11-16-12-20-21-18(16)15-7-3-2-4-8-15/h2-10,12,19H,11,13H2,1H3,(H,20,21)/t23-/m0/s1. The third-order valence-corrected chi connectivity index (χ3v) is 4.30. The Hall–Kier alpha value is -2.40. The molecule has 5 heteroatoms. The zero-order valence-corrected chi connectivity index (χ0v) is 13.8. The van der Waals surface area contributed by atoms with Gasteiger partial charge in [0.2, 0.25) is 0 Å². The lowest BCUT2D eigenvalue weighted by Gasteiger charge is -2.09. The van der Waals surface area contributed by atoms with Crippen molar-refractivity contribution in [2.45, 2.75) is 12.3 Å². The summed E-state index contributed by atoms with van der Waals surface area (Å²) in [6.07, 6.45) is 3.57. The Morgan fingerprint density at radius 3 is 2.74 bits per heavy atom. The van der Waals surface area contributed by atoms with E-state index in [0.717, 1.165) is 28.1 Å². The highest BCUT2D eigenvalue weighted by Gasteiger charge is 2.07. The minimum atomic E-state index is -0.830. The molecule has 0 radical (unpaired) electrons. The molecular formula is C18H19N3OS. The van der Waals surface area contributed by atoms with E-state index < -0.39 is 10.8 Å². The van der Waals surface area contributed by atoms with E-state index in [2.05, 4.69) is 27.6 Å². The molecule has 0 bridgehead atoms. The predicted octanol–water partition coefficient (Wildman–Crippen LogP) is 3.57. The number of rotatable bonds is 6. The first-order chi connectivity index (χ1) is 11.2. The third-order valence-electron chi connectivity index (χ3n) is 3.56. The molecule has 0 saturated heterocycles. The van der Waals surface area contributed by atoms with Crippen LogP contribution >= 0.6 is 0 Å². The lowest BCUT2D eigenvalue weighted by atomic mass is 10.1. The van der Waals surface area contributed by atoms with Gasteiger partial charge in [-0.1, -0.05) is 42.5 Å². The van der Waals surface area contributed by atoms with Gasteiger partial charge in [-0.3, -0.25) is 9.31 Å². The van der Waals surface area contributed by atoms with Gasteiger partial charge in [-0.25, -0.2) is 0 Å². The van der Waals surface area contributed by atoms with Crippen LogP contribution < -0.4 is 5.32 Å². The summed E-state index contributed by atoms with van der Waals surface area (Å²) in [5.74, 6) is 0.580. The Labute approximate surface area is 138 Å². The quantitative estimate of drug-likeness (QED) is 0.728. The Morgan fingerprint density at radius 1 is 1.13 bits per heavy atom. The number of nitrogens with one attached hydrogen (secondary N) is 2. The SMILES string of the molecule is C[S@](=O)Cc1cccc(NCc2cn[nH]c2-c2ccccc2)c1.